The molecule has 1 rings (SSSR count). The summed E-state index contributed by atoms with van der Waals surface area (Å²) >= 11 is 0. The zero-order chi connectivity index (χ0) is 28.2. The van der Waals surface area contributed by atoms with Gasteiger partial charge in [-0.25, -0.2) is 0 Å². The van der Waals surface area contributed by atoms with Crippen molar-refractivity contribution in [3.63, 3.8) is 0 Å². The molecular formula is C35H70N2O2. The Labute approximate surface area is 245 Å². The highest BCUT2D eigenvalue weighted by molar-refractivity contribution is 5.69. The molecule has 232 valence electrons. The van der Waals surface area contributed by atoms with E-state index in [4.69, 9.17) is 4.74 Å². The van der Waals surface area contributed by atoms with Crippen molar-refractivity contribution >= 4 is 5.97 Å². The number of esters is 1. The summed E-state index contributed by atoms with van der Waals surface area (Å²) in [6.07, 6.45) is 29.3. The van der Waals surface area contributed by atoms with Crippen molar-refractivity contribution in [3.8, 4) is 0 Å². The number of nitrogens with zero attached hydrogens (tertiary/aromatic N) is 2. The summed E-state index contributed by atoms with van der Waals surface area (Å²) < 4.78 is 5.58. The van der Waals surface area contributed by atoms with Crippen LogP contribution in [0.15, 0.2) is 0 Å². The number of rotatable bonds is 29. The quantitative estimate of drug-likeness (QED) is 0.0685. The second-order valence-corrected chi connectivity index (χ2v) is 12.5. The first-order valence-corrected chi connectivity index (χ1v) is 17.8. The molecule has 0 radical (unpaired) electrons. The second kappa shape index (κ2) is 27.6. The largest absolute Gasteiger partial charge is 0.466 e. The Morgan fingerprint density at radius 3 is 1.77 bits per heavy atom. The van der Waals surface area contributed by atoms with Crippen molar-refractivity contribution in [2.24, 2.45) is 5.92 Å². The summed E-state index contributed by atoms with van der Waals surface area (Å²) in [4.78, 5) is 17.6. The average Bonchev–Trinajstić information content (AvgIpc) is 3.46. The Balaban J connectivity index is 2.08. The van der Waals surface area contributed by atoms with Gasteiger partial charge in [0.05, 0.1) is 6.61 Å². The van der Waals surface area contributed by atoms with Crippen LogP contribution in [-0.4, -0.2) is 61.6 Å². The van der Waals surface area contributed by atoms with Gasteiger partial charge in [0.2, 0.25) is 0 Å². The molecule has 0 spiro atoms. The van der Waals surface area contributed by atoms with Crippen LogP contribution in [-0.2, 0) is 9.53 Å². The first-order valence-electron chi connectivity index (χ1n) is 17.8. The van der Waals surface area contributed by atoms with Gasteiger partial charge in [-0.1, -0.05) is 117 Å². The first kappa shape index (κ1) is 36.4. The Kier molecular flexibility index (Phi) is 25.7. The molecule has 1 aliphatic heterocycles. The van der Waals surface area contributed by atoms with Crippen molar-refractivity contribution in [2.75, 3.05) is 45.9 Å². The second-order valence-electron chi connectivity index (χ2n) is 12.5. The molecule has 1 aliphatic rings. The molecule has 4 heteroatoms. The molecule has 0 saturated carbocycles. The number of carbonyl (C=O) groups excluding carboxylic acids is 1. The molecule has 0 aliphatic carbocycles. The van der Waals surface area contributed by atoms with Gasteiger partial charge in [0.25, 0.3) is 0 Å². The van der Waals surface area contributed by atoms with E-state index in [1.54, 1.807) is 0 Å². The number of likely N-dealkylation sites (tertiary alicyclic amines) is 1. The third kappa shape index (κ3) is 22.7. The van der Waals surface area contributed by atoms with Crippen molar-refractivity contribution < 1.29 is 9.53 Å². The van der Waals surface area contributed by atoms with Crippen molar-refractivity contribution in [1.82, 2.24) is 9.80 Å². The van der Waals surface area contributed by atoms with Crippen LogP contribution in [0.3, 0.4) is 0 Å². The minimum Gasteiger partial charge on any atom is -0.466 e. The smallest absolute Gasteiger partial charge is 0.305 e. The minimum absolute atomic E-state index is 0.0275. The fourth-order valence-corrected chi connectivity index (χ4v) is 6.13. The van der Waals surface area contributed by atoms with Gasteiger partial charge in [0, 0.05) is 19.5 Å². The average molecular weight is 551 g/mol. The van der Waals surface area contributed by atoms with Crippen LogP contribution in [0.2, 0.25) is 0 Å². The monoisotopic (exact) mass is 551 g/mol. The van der Waals surface area contributed by atoms with E-state index in [1.807, 2.05) is 0 Å². The van der Waals surface area contributed by atoms with Gasteiger partial charge in [-0.15, -0.1) is 0 Å². The summed E-state index contributed by atoms with van der Waals surface area (Å²) in [5, 5.41) is 0. The zero-order valence-electron chi connectivity index (χ0n) is 27.0. The highest BCUT2D eigenvalue weighted by atomic mass is 16.5. The lowest BCUT2D eigenvalue weighted by molar-refractivity contribution is -0.144. The number of hydrogen-bond donors (Lipinski definition) is 0. The topological polar surface area (TPSA) is 32.8 Å². The Hall–Kier alpha value is -0.610. The van der Waals surface area contributed by atoms with Crippen molar-refractivity contribution in [2.45, 2.75) is 168 Å². The molecule has 0 aromatic heterocycles. The third-order valence-corrected chi connectivity index (χ3v) is 8.82. The lowest BCUT2D eigenvalue weighted by Crippen LogP contribution is -2.35. The summed E-state index contributed by atoms with van der Waals surface area (Å²) in [6.45, 7) is 15.2. The van der Waals surface area contributed by atoms with Gasteiger partial charge >= 0.3 is 5.97 Å². The van der Waals surface area contributed by atoms with Crippen molar-refractivity contribution in [3.05, 3.63) is 0 Å². The van der Waals surface area contributed by atoms with Crippen LogP contribution in [0.4, 0.5) is 0 Å². The molecule has 0 aromatic carbocycles. The van der Waals surface area contributed by atoms with E-state index < -0.39 is 0 Å². The highest BCUT2D eigenvalue weighted by Crippen LogP contribution is 2.22. The lowest BCUT2D eigenvalue weighted by Gasteiger charge is -2.25. The molecule has 0 aromatic rings. The highest BCUT2D eigenvalue weighted by Gasteiger charge is 2.13. The summed E-state index contributed by atoms with van der Waals surface area (Å²) in [5.41, 5.74) is 0. The molecule has 0 N–H and O–H groups in total. The third-order valence-electron chi connectivity index (χ3n) is 8.82. The predicted molar refractivity (Wildman–Crippen MR) is 171 cm³/mol. The maximum atomic E-state index is 12.2. The molecule has 1 heterocycles. The molecule has 0 atom stereocenters. The maximum absolute atomic E-state index is 12.2. The Bertz CT molecular complexity index is 511. The van der Waals surface area contributed by atoms with E-state index in [-0.39, 0.29) is 5.97 Å². The van der Waals surface area contributed by atoms with E-state index in [1.165, 1.54) is 161 Å². The molecule has 1 fully saturated rings. The molecule has 0 unspecified atom stereocenters. The number of unbranched alkanes of at least 4 members (excludes halogenated alkanes) is 12. The van der Waals surface area contributed by atoms with Crippen LogP contribution in [0.25, 0.3) is 0 Å². The maximum Gasteiger partial charge on any atom is 0.305 e. The Morgan fingerprint density at radius 2 is 1.15 bits per heavy atom. The van der Waals surface area contributed by atoms with Crippen LogP contribution >= 0.6 is 0 Å². The molecule has 0 bridgehead atoms. The fourth-order valence-electron chi connectivity index (χ4n) is 6.13. The van der Waals surface area contributed by atoms with E-state index in [9.17, 15) is 4.79 Å². The Morgan fingerprint density at radius 1 is 0.641 bits per heavy atom. The predicted octanol–water partition coefficient (Wildman–Crippen LogP) is 9.80. The molecule has 4 nitrogen and oxygen atoms in total. The number of carbonyl (C=O) groups is 1. The van der Waals surface area contributed by atoms with Crippen LogP contribution < -0.4 is 0 Å². The minimum atomic E-state index is 0.0275. The van der Waals surface area contributed by atoms with Gasteiger partial charge in [0.15, 0.2) is 0 Å². The van der Waals surface area contributed by atoms with E-state index in [2.05, 4.69) is 30.6 Å². The zero-order valence-corrected chi connectivity index (χ0v) is 27.0. The number of ether oxygens (including phenoxy) is 1. The standard InChI is InChI=1S/C35H70N2O2/c1-4-7-10-13-18-27-36(31-32-37-29-20-21-30-37)28-19-14-11-12-17-26-35(38)39-33-22-25-34(23-15-8-5-2)24-16-9-6-3/h34H,4-33H2,1-3H3. The van der Waals surface area contributed by atoms with Gasteiger partial charge in [0.1, 0.15) is 0 Å². The summed E-state index contributed by atoms with van der Waals surface area (Å²) in [6, 6.07) is 0. The van der Waals surface area contributed by atoms with Crippen LogP contribution in [0.1, 0.15) is 168 Å². The van der Waals surface area contributed by atoms with E-state index in [0.29, 0.717) is 13.0 Å². The van der Waals surface area contributed by atoms with Gasteiger partial charge in [-0.2, -0.15) is 0 Å². The number of hydrogen-bond acceptors (Lipinski definition) is 4. The molecule has 39 heavy (non-hydrogen) atoms. The summed E-state index contributed by atoms with van der Waals surface area (Å²) in [7, 11) is 0. The van der Waals surface area contributed by atoms with Gasteiger partial charge in [-0.3, -0.25) is 4.79 Å². The molecule has 0 amide bonds. The van der Waals surface area contributed by atoms with Gasteiger partial charge < -0.3 is 14.5 Å². The van der Waals surface area contributed by atoms with Crippen LogP contribution in [0, 0.1) is 5.92 Å². The fraction of sp³-hybridized carbons (Fsp3) is 0.971. The first-order chi connectivity index (χ1) is 19.2. The van der Waals surface area contributed by atoms with Gasteiger partial charge in [-0.05, 0) is 77.0 Å². The molecule has 1 saturated heterocycles. The lowest BCUT2D eigenvalue weighted by atomic mass is 9.91. The normalized spacial score (nSPS) is 14.2. The van der Waals surface area contributed by atoms with Crippen LogP contribution in [0.5, 0.6) is 0 Å². The SMILES string of the molecule is CCCCCCCN(CCCCCCCC(=O)OCCCC(CCCCC)CCCCC)CCN1CCCC1. The summed E-state index contributed by atoms with van der Waals surface area (Å²) in [5.74, 6) is 0.860. The van der Waals surface area contributed by atoms with E-state index in [0.717, 1.165) is 25.2 Å². The van der Waals surface area contributed by atoms with Crippen molar-refractivity contribution in [1.29, 1.82) is 0 Å². The van der Waals surface area contributed by atoms with E-state index >= 15 is 0 Å². The molecular weight excluding hydrogens is 480 g/mol.